The fraction of sp³-hybridized carbons (Fsp3) is 0.130. The molecule has 0 spiro atoms. The van der Waals surface area contributed by atoms with Crippen molar-refractivity contribution in [2.24, 2.45) is 0 Å². The zero-order valence-electron chi connectivity index (χ0n) is 15.6. The van der Waals surface area contributed by atoms with E-state index in [0.29, 0.717) is 28.4 Å². The van der Waals surface area contributed by atoms with Crippen molar-refractivity contribution in [1.29, 1.82) is 5.26 Å². The Balaban J connectivity index is 2.10. The monoisotopic (exact) mass is 370 g/mol. The van der Waals surface area contributed by atoms with Gasteiger partial charge in [0.15, 0.2) is 0 Å². The standard InChI is InChI=1S/C23H18N2O3/c1-14-10-19-22(20(26)11-14)21-17(23(27)28-2)8-5-9-18(21)25(19)13-16-7-4-3-6-15(16)12-24/h3-11,26H,13H2,1-2H3. The van der Waals surface area contributed by atoms with Crippen LogP contribution in [-0.2, 0) is 11.3 Å². The van der Waals surface area contributed by atoms with Crippen LogP contribution in [0, 0.1) is 18.3 Å². The highest BCUT2D eigenvalue weighted by Gasteiger charge is 2.21. The Hall–Kier alpha value is -3.78. The van der Waals surface area contributed by atoms with Crippen molar-refractivity contribution in [2.45, 2.75) is 13.5 Å². The summed E-state index contributed by atoms with van der Waals surface area (Å²) in [6, 6.07) is 18.7. The van der Waals surface area contributed by atoms with Crippen molar-refractivity contribution in [2.75, 3.05) is 7.11 Å². The van der Waals surface area contributed by atoms with Crippen molar-refractivity contribution in [3.8, 4) is 11.8 Å². The van der Waals surface area contributed by atoms with E-state index >= 15 is 0 Å². The molecule has 5 nitrogen and oxygen atoms in total. The van der Waals surface area contributed by atoms with E-state index in [4.69, 9.17) is 4.74 Å². The number of benzene rings is 3. The molecule has 1 N–H and O–H groups in total. The number of aryl methyl sites for hydroxylation is 1. The maximum absolute atomic E-state index is 12.4. The molecule has 1 aromatic heterocycles. The minimum absolute atomic E-state index is 0.115. The second-order valence-corrected chi connectivity index (χ2v) is 6.72. The first-order chi connectivity index (χ1) is 13.5. The van der Waals surface area contributed by atoms with Crippen molar-refractivity contribution >= 4 is 27.8 Å². The average molecular weight is 370 g/mol. The molecule has 0 aliphatic heterocycles. The number of aromatic hydroxyl groups is 1. The number of phenols is 1. The number of nitrogens with zero attached hydrogens (tertiary/aromatic N) is 2. The lowest BCUT2D eigenvalue weighted by atomic mass is 10.0. The normalized spacial score (nSPS) is 10.9. The van der Waals surface area contributed by atoms with Gasteiger partial charge in [0.05, 0.1) is 40.7 Å². The van der Waals surface area contributed by atoms with Gasteiger partial charge < -0.3 is 14.4 Å². The highest BCUT2D eigenvalue weighted by atomic mass is 16.5. The summed E-state index contributed by atoms with van der Waals surface area (Å²) < 4.78 is 6.98. The number of nitriles is 1. The molecule has 28 heavy (non-hydrogen) atoms. The van der Waals surface area contributed by atoms with Gasteiger partial charge >= 0.3 is 5.97 Å². The fourth-order valence-corrected chi connectivity index (χ4v) is 3.76. The molecule has 0 amide bonds. The zero-order chi connectivity index (χ0) is 19.8. The molecular weight excluding hydrogens is 352 g/mol. The zero-order valence-corrected chi connectivity index (χ0v) is 15.6. The Kier molecular flexibility index (Phi) is 4.25. The fourth-order valence-electron chi connectivity index (χ4n) is 3.76. The second kappa shape index (κ2) is 6.75. The third-order valence-electron chi connectivity index (χ3n) is 4.99. The number of hydrogen-bond acceptors (Lipinski definition) is 4. The predicted molar refractivity (Wildman–Crippen MR) is 107 cm³/mol. The molecule has 0 unspecified atom stereocenters. The molecule has 3 aromatic carbocycles. The van der Waals surface area contributed by atoms with E-state index in [-0.39, 0.29) is 5.75 Å². The first-order valence-electron chi connectivity index (χ1n) is 8.86. The second-order valence-electron chi connectivity index (χ2n) is 6.72. The third kappa shape index (κ3) is 2.67. The molecule has 0 aliphatic carbocycles. The van der Waals surface area contributed by atoms with Crippen molar-refractivity contribution in [3.63, 3.8) is 0 Å². The van der Waals surface area contributed by atoms with Gasteiger partial charge in [-0.05, 0) is 48.4 Å². The molecule has 0 saturated carbocycles. The largest absolute Gasteiger partial charge is 0.507 e. The summed E-state index contributed by atoms with van der Waals surface area (Å²) in [6.45, 7) is 2.35. The van der Waals surface area contributed by atoms with Gasteiger partial charge in [0, 0.05) is 11.9 Å². The Morgan fingerprint density at radius 3 is 2.64 bits per heavy atom. The van der Waals surface area contributed by atoms with Gasteiger partial charge in [0.25, 0.3) is 0 Å². The number of hydrogen-bond donors (Lipinski definition) is 1. The Morgan fingerprint density at radius 2 is 1.89 bits per heavy atom. The van der Waals surface area contributed by atoms with Gasteiger partial charge in [-0.1, -0.05) is 24.3 Å². The lowest BCUT2D eigenvalue weighted by molar-refractivity contribution is 0.0603. The molecular formula is C23H18N2O3. The highest BCUT2D eigenvalue weighted by Crippen LogP contribution is 2.38. The first-order valence-corrected chi connectivity index (χ1v) is 8.86. The van der Waals surface area contributed by atoms with Gasteiger partial charge in [-0.3, -0.25) is 0 Å². The van der Waals surface area contributed by atoms with Crippen LogP contribution in [0.4, 0.5) is 0 Å². The van der Waals surface area contributed by atoms with Crippen LogP contribution >= 0.6 is 0 Å². The molecule has 0 fully saturated rings. The number of rotatable bonds is 3. The maximum Gasteiger partial charge on any atom is 0.338 e. The Bertz CT molecular complexity index is 1280. The van der Waals surface area contributed by atoms with Crippen molar-refractivity contribution < 1.29 is 14.6 Å². The number of esters is 1. The molecule has 0 radical (unpaired) electrons. The summed E-state index contributed by atoms with van der Waals surface area (Å²) in [4.78, 5) is 12.4. The molecule has 0 saturated heterocycles. The number of fused-ring (bicyclic) bond motifs is 3. The molecule has 0 atom stereocenters. The lowest BCUT2D eigenvalue weighted by Gasteiger charge is -2.10. The lowest BCUT2D eigenvalue weighted by Crippen LogP contribution is -2.03. The topological polar surface area (TPSA) is 75.2 Å². The Labute approximate surface area is 162 Å². The van der Waals surface area contributed by atoms with Crippen LogP contribution in [0.15, 0.2) is 54.6 Å². The van der Waals surface area contributed by atoms with Crippen LogP contribution in [0.3, 0.4) is 0 Å². The summed E-state index contributed by atoms with van der Waals surface area (Å²) in [5.74, 6) is -0.342. The minimum atomic E-state index is -0.456. The molecule has 1 heterocycles. The van der Waals surface area contributed by atoms with Gasteiger partial charge in [-0.15, -0.1) is 0 Å². The van der Waals surface area contributed by atoms with E-state index in [2.05, 4.69) is 6.07 Å². The van der Waals surface area contributed by atoms with Crippen LogP contribution in [-0.4, -0.2) is 22.8 Å². The van der Waals surface area contributed by atoms with E-state index in [1.807, 2.05) is 41.8 Å². The molecule has 4 aromatic rings. The highest BCUT2D eigenvalue weighted by molar-refractivity contribution is 6.19. The number of methoxy groups -OCH3 is 1. The maximum atomic E-state index is 12.4. The summed E-state index contributed by atoms with van der Waals surface area (Å²) in [7, 11) is 1.34. The number of ether oxygens (including phenoxy) is 1. The number of carbonyl (C=O) groups is 1. The van der Waals surface area contributed by atoms with Crippen molar-refractivity contribution in [3.05, 3.63) is 76.9 Å². The number of carbonyl (C=O) groups excluding carboxylic acids is 1. The molecule has 5 heteroatoms. The van der Waals surface area contributed by atoms with E-state index < -0.39 is 5.97 Å². The average Bonchev–Trinajstić information content (AvgIpc) is 3.01. The predicted octanol–water partition coefficient (Wildman–Crippen LogP) is 4.52. The van der Waals surface area contributed by atoms with E-state index in [0.717, 1.165) is 22.2 Å². The van der Waals surface area contributed by atoms with Crippen molar-refractivity contribution in [1.82, 2.24) is 4.57 Å². The third-order valence-corrected chi connectivity index (χ3v) is 4.99. The van der Waals surface area contributed by atoms with Gasteiger partial charge in [-0.25, -0.2) is 4.79 Å². The summed E-state index contributed by atoms with van der Waals surface area (Å²) in [5, 5.41) is 21.4. The molecule has 138 valence electrons. The van der Waals surface area contributed by atoms with Crippen LogP contribution in [0.5, 0.6) is 5.75 Å². The van der Waals surface area contributed by atoms with Crippen LogP contribution < -0.4 is 0 Å². The molecule has 0 bridgehead atoms. The van der Waals surface area contributed by atoms with Gasteiger partial charge in [0.1, 0.15) is 5.75 Å². The summed E-state index contributed by atoms with van der Waals surface area (Å²) in [5.41, 5.74) is 4.37. The van der Waals surface area contributed by atoms with E-state index in [1.54, 1.807) is 24.3 Å². The summed E-state index contributed by atoms with van der Waals surface area (Å²) >= 11 is 0. The van der Waals surface area contributed by atoms with Gasteiger partial charge in [-0.2, -0.15) is 5.26 Å². The van der Waals surface area contributed by atoms with Crippen LogP contribution in [0.1, 0.15) is 27.0 Å². The number of phenolic OH excluding ortho intramolecular Hbond substituents is 1. The summed E-state index contributed by atoms with van der Waals surface area (Å²) in [6.07, 6.45) is 0. The SMILES string of the molecule is COC(=O)c1cccc2c1c1c(O)cc(C)cc1n2Cc1ccccc1C#N. The van der Waals surface area contributed by atoms with Crippen LogP contribution in [0.2, 0.25) is 0 Å². The Morgan fingerprint density at radius 1 is 1.11 bits per heavy atom. The molecule has 0 aliphatic rings. The smallest absolute Gasteiger partial charge is 0.338 e. The first kappa shape index (κ1) is 17.6. The van der Waals surface area contributed by atoms with Gasteiger partial charge in [0.2, 0.25) is 0 Å². The quantitative estimate of drug-likeness (QED) is 0.538. The minimum Gasteiger partial charge on any atom is -0.507 e. The number of aromatic nitrogens is 1. The van der Waals surface area contributed by atoms with E-state index in [9.17, 15) is 15.2 Å². The van der Waals surface area contributed by atoms with Crippen LogP contribution in [0.25, 0.3) is 21.8 Å². The van der Waals surface area contributed by atoms with E-state index in [1.165, 1.54) is 7.11 Å². The molecule has 4 rings (SSSR count).